The first-order chi connectivity index (χ1) is 14.1. The lowest BCUT2D eigenvalue weighted by Gasteiger charge is -2.33. The predicted molar refractivity (Wildman–Crippen MR) is 103 cm³/mol. The van der Waals surface area contributed by atoms with Gasteiger partial charge in [-0.25, -0.2) is 0 Å². The molecule has 3 atom stereocenters. The molecule has 5 nitrogen and oxygen atoms in total. The van der Waals surface area contributed by atoms with E-state index in [1.165, 1.54) is 0 Å². The number of alkyl halides is 3. The van der Waals surface area contributed by atoms with Crippen molar-refractivity contribution in [3.63, 3.8) is 0 Å². The van der Waals surface area contributed by atoms with Gasteiger partial charge < -0.3 is 15.4 Å². The van der Waals surface area contributed by atoms with Gasteiger partial charge in [-0.3, -0.25) is 9.59 Å². The van der Waals surface area contributed by atoms with Crippen molar-refractivity contribution >= 4 is 23.4 Å². The molecule has 2 aliphatic rings. The van der Waals surface area contributed by atoms with Crippen molar-refractivity contribution in [2.45, 2.75) is 38.0 Å². The molecule has 2 amide bonds. The molecular formula is C21H18ClF3N2O3. The summed E-state index contributed by atoms with van der Waals surface area (Å²) in [6.07, 6.45) is -5.06. The third-order valence-electron chi connectivity index (χ3n) is 5.36. The van der Waals surface area contributed by atoms with Crippen LogP contribution in [0.4, 0.5) is 13.2 Å². The van der Waals surface area contributed by atoms with Crippen LogP contribution < -0.4 is 15.4 Å². The molecule has 30 heavy (non-hydrogen) atoms. The predicted octanol–water partition coefficient (Wildman–Crippen LogP) is 4.42. The highest BCUT2D eigenvalue weighted by Gasteiger charge is 2.46. The topological polar surface area (TPSA) is 67.4 Å². The lowest BCUT2D eigenvalue weighted by atomic mass is 9.90. The van der Waals surface area contributed by atoms with E-state index in [0.717, 1.165) is 5.56 Å². The van der Waals surface area contributed by atoms with Crippen LogP contribution in [0.25, 0.3) is 0 Å². The number of aryl methyl sites for hydroxylation is 1. The Morgan fingerprint density at radius 3 is 2.47 bits per heavy atom. The lowest BCUT2D eigenvalue weighted by molar-refractivity contribution is -0.171. The normalized spacial score (nSPS) is 23.0. The van der Waals surface area contributed by atoms with Crippen LogP contribution >= 0.6 is 11.6 Å². The maximum Gasteiger partial charge on any atom is 0.408 e. The monoisotopic (exact) mass is 438 g/mol. The number of piperidine rings is 1. The molecule has 2 heterocycles. The maximum atomic E-state index is 12.9. The van der Waals surface area contributed by atoms with E-state index in [4.69, 9.17) is 16.3 Å². The Balaban J connectivity index is 1.60. The molecule has 0 radical (unpaired) electrons. The van der Waals surface area contributed by atoms with Crippen LogP contribution in [0.1, 0.15) is 35.6 Å². The van der Waals surface area contributed by atoms with Gasteiger partial charge in [0.25, 0.3) is 0 Å². The largest absolute Gasteiger partial charge is 0.457 e. The van der Waals surface area contributed by atoms with E-state index in [1.54, 1.807) is 18.2 Å². The first-order valence-electron chi connectivity index (χ1n) is 9.39. The van der Waals surface area contributed by atoms with Crippen LogP contribution in [0.5, 0.6) is 11.5 Å². The number of halogens is 4. The summed E-state index contributed by atoms with van der Waals surface area (Å²) < 4.78 is 44.5. The molecular weight excluding hydrogens is 421 g/mol. The minimum atomic E-state index is -4.53. The SMILES string of the molecule is Cc1ccc2c(c1)Oc1cc(Cl)ccc1C2NC(=O)C1CCC(C(F)(F)F)NC1=O. The van der Waals surface area contributed by atoms with Gasteiger partial charge in [0.15, 0.2) is 0 Å². The standard InChI is InChI=1S/C21H18ClF3N2O3/c1-10-2-4-12-15(8-10)30-16-9-11(22)3-5-13(16)18(12)27-20(29)14-6-7-17(21(23,24)25)26-19(14)28/h2-5,8-9,14,17-18H,6-7H2,1H3,(H,26,28)(H,27,29). The van der Waals surface area contributed by atoms with Crippen molar-refractivity contribution in [2.75, 3.05) is 0 Å². The van der Waals surface area contributed by atoms with E-state index in [1.807, 2.05) is 30.4 Å². The van der Waals surface area contributed by atoms with Crippen molar-refractivity contribution in [2.24, 2.45) is 5.92 Å². The second-order valence-corrected chi connectivity index (χ2v) is 7.94. The lowest BCUT2D eigenvalue weighted by Crippen LogP contribution is -2.54. The molecule has 1 fully saturated rings. The highest BCUT2D eigenvalue weighted by molar-refractivity contribution is 6.30. The third kappa shape index (κ3) is 3.84. The zero-order valence-corrected chi connectivity index (χ0v) is 16.6. The number of hydrogen-bond acceptors (Lipinski definition) is 3. The molecule has 1 saturated heterocycles. The smallest absolute Gasteiger partial charge is 0.408 e. The fourth-order valence-electron chi connectivity index (χ4n) is 3.79. The van der Waals surface area contributed by atoms with Crippen LogP contribution in [0.2, 0.25) is 5.02 Å². The molecule has 3 unspecified atom stereocenters. The number of benzene rings is 2. The van der Waals surface area contributed by atoms with Crippen molar-refractivity contribution in [3.8, 4) is 11.5 Å². The summed E-state index contributed by atoms with van der Waals surface area (Å²) in [5, 5.41) is 5.19. The summed E-state index contributed by atoms with van der Waals surface area (Å²) in [6.45, 7) is 1.90. The fraction of sp³-hybridized carbons (Fsp3) is 0.333. The average molecular weight is 439 g/mol. The number of ether oxygens (including phenoxy) is 1. The number of carbonyl (C=O) groups excluding carboxylic acids is 2. The number of carbonyl (C=O) groups is 2. The fourth-order valence-corrected chi connectivity index (χ4v) is 3.95. The molecule has 0 bridgehead atoms. The summed E-state index contributed by atoms with van der Waals surface area (Å²) in [5.74, 6) is -1.74. The highest BCUT2D eigenvalue weighted by Crippen LogP contribution is 2.44. The van der Waals surface area contributed by atoms with Crippen molar-refractivity contribution in [3.05, 3.63) is 58.1 Å². The van der Waals surface area contributed by atoms with E-state index >= 15 is 0 Å². The molecule has 9 heteroatoms. The van der Waals surface area contributed by atoms with E-state index in [-0.39, 0.29) is 12.8 Å². The van der Waals surface area contributed by atoms with Crippen molar-refractivity contribution < 1.29 is 27.5 Å². The molecule has 2 aromatic rings. The Hall–Kier alpha value is -2.74. The maximum absolute atomic E-state index is 12.9. The van der Waals surface area contributed by atoms with E-state index < -0.39 is 36.0 Å². The molecule has 2 aromatic carbocycles. The first kappa shape index (κ1) is 20.5. The second-order valence-electron chi connectivity index (χ2n) is 7.50. The number of nitrogens with one attached hydrogen (secondary N) is 2. The van der Waals surface area contributed by atoms with Crippen molar-refractivity contribution in [1.29, 1.82) is 0 Å². The van der Waals surface area contributed by atoms with Gasteiger partial charge in [-0.2, -0.15) is 13.2 Å². The summed E-state index contributed by atoms with van der Waals surface area (Å²) in [5.41, 5.74) is 2.29. The zero-order valence-electron chi connectivity index (χ0n) is 15.8. The summed E-state index contributed by atoms with van der Waals surface area (Å²) in [7, 11) is 0. The van der Waals surface area contributed by atoms with Gasteiger partial charge in [0.05, 0.1) is 6.04 Å². The van der Waals surface area contributed by atoms with Crippen molar-refractivity contribution in [1.82, 2.24) is 10.6 Å². The first-order valence-corrected chi connectivity index (χ1v) is 9.76. The molecule has 2 N–H and O–H groups in total. The van der Waals surface area contributed by atoms with Gasteiger partial charge >= 0.3 is 6.18 Å². The van der Waals surface area contributed by atoms with E-state index in [9.17, 15) is 22.8 Å². The summed E-state index contributed by atoms with van der Waals surface area (Å²) >= 11 is 6.07. The third-order valence-corrected chi connectivity index (χ3v) is 5.60. The molecule has 4 rings (SSSR count). The molecule has 0 aromatic heterocycles. The molecule has 2 aliphatic heterocycles. The number of rotatable bonds is 2. The van der Waals surface area contributed by atoms with Gasteiger partial charge in [0.2, 0.25) is 11.8 Å². The molecule has 0 spiro atoms. The molecule has 0 saturated carbocycles. The minimum Gasteiger partial charge on any atom is -0.457 e. The quantitative estimate of drug-likeness (QED) is 0.682. The molecule has 158 valence electrons. The zero-order chi connectivity index (χ0) is 21.6. The summed E-state index contributed by atoms with van der Waals surface area (Å²) in [6, 6.07) is 7.94. The van der Waals surface area contributed by atoms with Crippen LogP contribution in [-0.2, 0) is 9.59 Å². The van der Waals surface area contributed by atoms with E-state index in [0.29, 0.717) is 27.6 Å². The van der Waals surface area contributed by atoms with Crippen LogP contribution in [0, 0.1) is 12.8 Å². The Morgan fingerprint density at radius 2 is 1.80 bits per heavy atom. The Kier molecular flexibility index (Phi) is 5.13. The van der Waals surface area contributed by atoms with Gasteiger partial charge in [-0.05, 0) is 43.5 Å². The Bertz CT molecular complexity index is 974. The number of hydrogen-bond donors (Lipinski definition) is 2. The average Bonchev–Trinajstić information content (AvgIpc) is 2.66. The second kappa shape index (κ2) is 7.50. The Morgan fingerprint density at radius 1 is 1.13 bits per heavy atom. The van der Waals surface area contributed by atoms with Crippen LogP contribution in [0.15, 0.2) is 36.4 Å². The highest BCUT2D eigenvalue weighted by atomic mass is 35.5. The van der Waals surface area contributed by atoms with Gasteiger partial charge in [-0.15, -0.1) is 0 Å². The minimum absolute atomic E-state index is 0.181. The van der Waals surface area contributed by atoms with Gasteiger partial charge in [0, 0.05) is 16.1 Å². The summed E-state index contributed by atoms with van der Waals surface area (Å²) in [4.78, 5) is 25.1. The Labute approximate surface area is 175 Å². The number of amides is 2. The number of fused-ring (bicyclic) bond motifs is 2. The van der Waals surface area contributed by atoms with Crippen LogP contribution in [-0.4, -0.2) is 24.0 Å². The van der Waals surface area contributed by atoms with E-state index in [2.05, 4.69) is 5.32 Å². The van der Waals surface area contributed by atoms with Gasteiger partial charge in [-0.1, -0.05) is 29.8 Å². The van der Waals surface area contributed by atoms with Gasteiger partial charge in [0.1, 0.15) is 23.5 Å². The van der Waals surface area contributed by atoms with Crippen LogP contribution in [0.3, 0.4) is 0 Å². The molecule has 0 aliphatic carbocycles.